The minimum absolute atomic E-state index is 0.126. The molecule has 6 heteroatoms. The fourth-order valence-electron chi connectivity index (χ4n) is 2.50. The van der Waals surface area contributed by atoms with Gasteiger partial charge >= 0.3 is 0 Å². The molecule has 0 aromatic heterocycles. The van der Waals surface area contributed by atoms with E-state index in [1.165, 1.54) is 11.3 Å². The number of nitrogens with zero attached hydrogens (tertiary/aromatic N) is 1. The molecule has 1 N–H and O–H groups in total. The number of anilines is 1. The number of hydrogen-bond donors (Lipinski definition) is 1. The molecule has 1 aliphatic rings. The van der Waals surface area contributed by atoms with Gasteiger partial charge in [-0.25, -0.2) is 13.1 Å². The van der Waals surface area contributed by atoms with Gasteiger partial charge in [0.1, 0.15) is 0 Å². The second-order valence-electron chi connectivity index (χ2n) is 5.09. The van der Waals surface area contributed by atoms with Crippen LogP contribution >= 0.6 is 11.6 Å². The lowest BCUT2D eigenvalue weighted by atomic mass is 9.90. The summed E-state index contributed by atoms with van der Waals surface area (Å²) in [5.41, 5.74) is 2.36. The summed E-state index contributed by atoms with van der Waals surface area (Å²) in [7, 11) is -1.34. The molecule has 1 aromatic rings. The highest BCUT2D eigenvalue weighted by Gasteiger charge is 2.24. The molecule has 4 nitrogen and oxygen atoms in total. The monoisotopic (exact) mass is 314 g/mol. The van der Waals surface area contributed by atoms with E-state index in [0.717, 1.165) is 13.0 Å². The quantitative estimate of drug-likeness (QED) is 0.907. The van der Waals surface area contributed by atoms with Crippen LogP contribution in [0.3, 0.4) is 0 Å². The molecule has 0 aliphatic carbocycles. The Labute approximate surface area is 125 Å². The number of hydrogen-bond acceptors (Lipinski definition) is 3. The molecule has 0 radical (unpaired) electrons. The summed E-state index contributed by atoms with van der Waals surface area (Å²) < 4.78 is 26.2. The summed E-state index contributed by atoms with van der Waals surface area (Å²) in [5, 5.41) is 0.126. The molecule has 0 fully saturated rings. The van der Waals surface area contributed by atoms with E-state index in [4.69, 9.17) is 11.6 Å². The van der Waals surface area contributed by atoms with E-state index in [9.17, 15) is 8.42 Å². The Morgan fingerprint density at radius 1 is 1.50 bits per heavy atom. The first-order chi connectivity index (χ1) is 9.39. The predicted molar refractivity (Wildman–Crippen MR) is 83.9 cm³/mol. The topological polar surface area (TPSA) is 49.4 Å². The maximum absolute atomic E-state index is 11.8. The van der Waals surface area contributed by atoms with Crippen molar-refractivity contribution in [3.05, 3.63) is 41.4 Å². The van der Waals surface area contributed by atoms with Crippen molar-refractivity contribution in [1.29, 1.82) is 0 Å². The van der Waals surface area contributed by atoms with Crippen LogP contribution in [-0.2, 0) is 10.0 Å². The van der Waals surface area contributed by atoms with E-state index in [1.807, 2.05) is 12.1 Å². The molecule has 1 aliphatic heterocycles. The molecule has 0 amide bonds. The highest BCUT2D eigenvalue weighted by atomic mass is 35.5. The van der Waals surface area contributed by atoms with Gasteiger partial charge in [0.2, 0.25) is 10.0 Å². The summed E-state index contributed by atoms with van der Waals surface area (Å²) in [6, 6.07) is 8.11. The summed E-state index contributed by atoms with van der Waals surface area (Å²) in [6.45, 7) is 4.74. The van der Waals surface area contributed by atoms with Gasteiger partial charge in [0, 0.05) is 36.8 Å². The predicted octanol–water partition coefficient (Wildman–Crippen LogP) is 2.28. The molecular formula is C14H19ClN2O2S. The number of benzene rings is 1. The standard InChI is InChI=1S/C14H19ClN2O2S/c1-11(15)10-20(18,19)16-9-12-7-8-17(2)14-6-4-3-5-13(12)14/h3-6,12,16H,1,7-10H2,2H3. The summed E-state index contributed by atoms with van der Waals surface area (Å²) in [4.78, 5) is 2.20. The van der Waals surface area contributed by atoms with E-state index in [2.05, 4.69) is 35.4 Å². The molecule has 0 saturated carbocycles. The van der Waals surface area contributed by atoms with Gasteiger partial charge in [-0.3, -0.25) is 0 Å². The Morgan fingerprint density at radius 2 is 2.20 bits per heavy atom. The van der Waals surface area contributed by atoms with Crippen LogP contribution in [0.1, 0.15) is 17.9 Å². The van der Waals surface area contributed by atoms with E-state index in [0.29, 0.717) is 6.54 Å². The number of fused-ring (bicyclic) bond motifs is 1. The number of sulfonamides is 1. The molecule has 0 bridgehead atoms. The van der Waals surface area contributed by atoms with Crippen molar-refractivity contribution in [2.75, 3.05) is 30.8 Å². The minimum atomic E-state index is -3.39. The fraction of sp³-hybridized carbons (Fsp3) is 0.429. The highest BCUT2D eigenvalue weighted by Crippen LogP contribution is 2.33. The molecule has 1 atom stereocenters. The molecule has 2 rings (SSSR count). The van der Waals surface area contributed by atoms with Crippen LogP contribution in [0, 0.1) is 0 Å². The fourth-order valence-corrected chi connectivity index (χ4v) is 3.90. The van der Waals surface area contributed by atoms with Crippen LogP contribution in [0.25, 0.3) is 0 Å². The SMILES string of the molecule is C=C(Cl)CS(=O)(=O)NCC1CCN(C)c2ccccc21. The third-order valence-corrected chi connectivity index (χ3v) is 5.12. The number of nitrogens with one attached hydrogen (secondary N) is 1. The van der Waals surface area contributed by atoms with Crippen molar-refractivity contribution in [3.63, 3.8) is 0 Å². The maximum Gasteiger partial charge on any atom is 0.216 e. The van der Waals surface area contributed by atoms with Gasteiger partial charge in [0.25, 0.3) is 0 Å². The smallest absolute Gasteiger partial charge is 0.216 e. The molecule has 0 spiro atoms. The summed E-state index contributed by atoms with van der Waals surface area (Å²) in [5.74, 6) is -0.0382. The molecule has 1 heterocycles. The van der Waals surface area contributed by atoms with Crippen LogP contribution in [0.4, 0.5) is 5.69 Å². The number of halogens is 1. The first-order valence-electron chi connectivity index (χ1n) is 6.50. The molecular weight excluding hydrogens is 296 g/mol. The van der Waals surface area contributed by atoms with Gasteiger partial charge in [-0.2, -0.15) is 0 Å². The number of rotatable bonds is 5. The van der Waals surface area contributed by atoms with Crippen LogP contribution < -0.4 is 9.62 Å². The molecule has 1 aromatic carbocycles. The van der Waals surface area contributed by atoms with E-state index in [1.54, 1.807) is 0 Å². The lowest BCUT2D eigenvalue weighted by Crippen LogP contribution is -2.35. The molecule has 110 valence electrons. The first kappa shape index (κ1) is 15.4. The Kier molecular flexibility index (Phi) is 4.73. The zero-order valence-electron chi connectivity index (χ0n) is 11.5. The van der Waals surface area contributed by atoms with E-state index < -0.39 is 10.0 Å². The Bertz CT molecular complexity index is 601. The molecule has 1 unspecified atom stereocenters. The van der Waals surface area contributed by atoms with E-state index in [-0.39, 0.29) is 16.7 Å². The van der Waals surface area contributed by atoms with Gasteiger partial charge in [-0.05, 0) is 18.1 Å². The average Bonchev–Trinajstić information content (AvgIpc) is 2.37. The van der Waals surface area contributed by atoms with Crippen LogP contribution in [0.15, 0.2) is 35.9 Å². The number of para-hydroxylation sites is 1. The van der Waals surface area contributed by atoms with Gasteiger partial charge in [-0.1, -0.05) is 36.4 Å². The molecule has 0 saturated heterocycles. The highest BCUT2D eigenvalue weighted by molar-refractivity contribution is 7.89. The lowest BCUT2D eigenvalue weighted by molar-refractivity contribution is 0.551. The first-order valence-corrected chi connectivity index (χ1v) is 8.53. The van der Waals surface area contributed by atoms with Crippen LogP contribution in [0.2, 0.25) is 0 Å². The van der Waals surface area contributed by atoms with Crippen molar-refractivity contribution in [3.8, 4) is 0 Å². The zero-order chi connectivity index (χ0) is 14.8. The second-order valence-corrected chi connectivity index (χ2v) is 7.43. The van der Waals surface area contributed by atoms with E-state index >= 15 is 0 Å². The normalized spacial score (nSPS) is 18.7. The van der Waals surface area contributed by atoms with Crippen molar-refractivity contribution >= 4 is 27.3 Å². The van der Waals surface area contributed by atoms with Gasteiger partial charge in [0.15, 0.2) is 0 Å². The summed E-state index contributed by atoms with van der Waals surface area (Å²) in [6.07, 6.45) is 0.928. The molecule has 20 heavy (non-hydrogen) atoms. The van der Waals surface area contributed by atoms with Crippen molar-refractivity contribution in [1.82, 2.24) is 4.72 Å². The van der Waals surface area contributed by atoms with Crippen molar-refractivity contribution < 1.29 is 8.42 Å². The Morgan fingerprint density at radius 3 is 2.90 bits per heavy atom. The van der Waals surface area contributed by atoms with Crippen molar-refractivity contribution in [2.45, 2.75) is 12.3 Å². The van der Waals surface area contributed by atoms with Gasteiger partial charge < -0.3 is 4.90 Å². The Hall–Kier alpha value is -1.04. The minimum Gasteiger partial charge on any atom is -0.374 e. The summed E-state index contributed by atoms with van der Waals surface area (Å²) >= 11 is 5.56. The largest absolute Gasteiger partial charge is 0.374 e. The van der Waals surface area contributed by atoms with Gasteiger partial charge in [0.05, 0.1) is 5.75 Å². The van der Waals surface area contributed by atoms with Gasteiger partial charge in [-0.15, -0.1) is 0 Å². The lowest BCUT2D eigenvalue weighted by Gasteiger charge is -2.33. The third-order valence-electron chi connectivity index (χ3n) is 3.50. The second kappa shape index (κ2) is 6.16. The average molecular weight is 315 g/mol. The maximum atomic E-state index is 11.8. The van der Waals surface area contributed by atoms with Crippen LogP contribution in [-0.4, -0.2) is 34.3 Å². The zero-order valence-corrected chi connectivity index (χ0v) is 13.0. The van der Waals surface area contributed by atoms with Crippen LogP contribution in [0.5, 0.6) is 0 Å². The van der Waals surface area contributed by atoms with Crippen molar-refractivity contribution in [2.24, 2.45) is 0 Å². The third kappa shape index (κ3) is 3.75. The Balaban J connectivity index is 2.08.